The van der Waals surface area contributed by atoms with Gasteiger partial charge in [-0.2, -0.15) is 0 Å². The van der Waals surface area contributed by atoms with Gasteiger partial charge < -0.3 is 10.1 Å². The van der Waals surface area contributed by atoms with Gasteiger partial charge in [0.1, 0.15) is 5.75 Å². The van der Waals surface area contributed by atoms with Gasteiger partial charge in [-0.3, -0.25) is 0 Å². The van der Waals surface area contributed by atoms with Crippen molar-refractivity contribution in [2.75, 3.05) is 18.5 Å². The number of ether oxygens (including phenoxy) is 1. The van der Waals surface area contributed by atoms with Gasteiger partial charge in [-0.1, -0.05) is 44.2 Å². The van der Waals surface area contributed by atoms with E-state index in [1.54, 1.807) is 0 Å². The largest absolute Gasteiger partial charge is 0.493 e. The molecule has 1 N–H and O–H groups in total. The second-order valence-electron chi connectivity index (χ2n) is 6.02. The lowest BCUT2D eigenvalue weighted by atomic mass is 10.0. The fourth-order valence-corrected chi connectivity index (χ4v) is 2.35. The Hall–Kier alpha value is -1.96. The molecule has 2 aromatic carbocycles. The van der Waals surface area contributed by atoms with Crippen molar-refractivity contribution in [3.63, 3.8) is 0 Å². The van der Waals surface area contributed by atoms with Gasteiger partial charge in [0.25, 0.3) is 0 Å². The van der Waals surface area contributed by atoms with Gasteiger partial charge in [0.15, 0.2) is 0 Å². The number of nitrogens with one attached hydrogen (secondary N) is 1. The quantitative estimate of drug-likeness (QED) is 0.660. The predicted octanol–water partition coefficient (Wildman–Crippen LogP) is 5.39. The summed E-state index contributed by atoms with van der Waals surface area (Å²) in [4.78, 5) is 0. The Morgan fingerprint density at radius 1 is 0.955 bits per heavy atom. The highest BCUT2D eigenvalue weighted by Crippen LogP contribution is 2.18. The first-order valence-electron chi connectivity index (χ1n) is 8.19. The fraction of sp³-hybridized carbons (Fsp3) is 0.400. The minimum Gasteiger partial charge on any atom is -0.493 e. The summed E-state index contributed by atoms with van der Waals surface area (Å²) >= 11 is 0. The molecule has 2 aromatic rings. The van der Waals surface area contributed by atoms with Gasteiger partial charge in [0.2, 0.25) is 0 Å². The number of para-hydroxylation sites is 1. The van der Waals surface area contributed by atoms with E-state index in [0.29, 0.717) is 5.92 Å². The van der Waals surface area contributed by atoms with Crippen LogP contribution in [-0.4, -0.2) is 13.2 Å². The van der Waals surface area contributed by atoms with E-state index >= 15 is 0 Å². The lowest BCUT2D eigenvalue weighted by Crippen LogP contribution is -2.05. The van der Waals surface area contributed by atoms with Crippen LogP contribution in [0.15, 0.2) is 48.5 Å². The Bertz CT molecular complexity index is 560. The third-order valence-electron chi connectivity index (χ3n) is 3.83. The van der Waals surface area contributed by atoms with E-state index in [4.69, 9.17) is 4.74 Å². The van der Waals surface area contributed by atoms with E-state index in [-0.39, 0.29) is 0 Å². The minimum absolute atomic E-state index is 0.590. The molecule has 0 fully saturated rings. The monoisotopic (exact) mass is 297 g/mol. The van der Waals surface area contributed by atoms with Crippen LogP contribution in [-0.2, 0) is 0 Å². The van der Waals surface area contributed by atoms with Crippen molar-refractivity contribution in [3.05, 3.63) is 59.7 Å². The van der Waals surface area contributed by atoms with Gasteiger partial charge in [0, 0.05) is 12.2 Å². The number of rotatable bonds is 8. The molecule has 0 atom stereocenters. The van der Waals surface area contributed by atoms with E-state index < -0.39 is 0 Å². The maximum absolute atomic E-state index is 5.80. The summed E-state index contributed by atoms with van der Waals surface area (Å²) in [6, 6.07) is 16.9. The lowest BCUT2D eigenvalue weighted by molar-refractivity contribution is 0.306. The summed E-state index contributed by atoms with van der Waals surface area (Å²) in [6.45, 7) is 8.28. The maximum Gasteiger partial charge on any atom is 0.122 e. The molecule has 118 valence electrons. The van der Waals surface area contributed by atoms with Crippen molar-refractivity contribution in [1.29, 1.82) is 0 Å². The number of unbranched alkanes of at least 4 members (excludes halogenated alkanes) is 1. The topological polar surface area (TPSA) is 21.3 Å². The number of benzene rings is 2. The molecule has 0 saturated heterocycles. The zero-order valence-corrected chi connectivity index (χ0v) is 13.9. The summed E-state index contributed by atoms with van der Waals surface area (Å²) in [5.74, 6) is 1.59. The third-order valence-corrected chi connectivity index (χ3v) is 3.83. The van der Waals surface area contributed by atoms with E-state index in [1.165, 1.54) is 16.8 Å². The Labute approximate surface area is 134 Å². The molecule has 0 aromatic heterocycles. The fourth-order valence-electron chi connectivity index (χ4n) is 2.35. The van der Waals surface area contributed by atoms with Crippen molar-refractivity contribution >= 4 is 5.69 Å². The zero-order chi connectivity index (χ0) is 15.8. The molecule has 0 aliphatic heterocycles. The van der Waals surface area contributed by atoms with Gasteiger partial charge in [-0.25, -0.2) is 0 Å². The molecule has 0 aliphatic carbocycles. The molecule has 22 heavy (non-hydrogen) atoms. The first-order chi connectivity index (χ1) is 10.7. The Balaban J connectivity index is 1.62. The first kappa shape index (κ1) is 16.4. The first-order valence-corrected chi connectivity index (χ1v) is 8.19. The van der Waals surface area contributed by atoms with Crippen LogP contribution in [0.1, 0.15) is 43.7 Å². The SMILES string of the molecule is Cc1ccccc1OCCCCNc1ccc(C(C)C)cc1. The second-order valence-corrected chi connectivity index (χ2v) is 6.02. The van der Waals surface area contributed by atoms with Crippen LogP contribution in [0.5, 0.6) is 5.75 Å². The van der Waals surface area contributed by atoms with Crippen LogP contribution in [0.2, 0.25) is 0 Å². The highest BCUT2D eigenvalue weighted by molar-refractivity contribution is 5.45. The molecule has 0 amide bonds. The Kier molecular flexibility index (Phi) is 6.32. The van der Waals surface area contributed by atoms with Crippen molar-refractivity contribution < 1.29 is 4.74 Å². The average molecular weight is 297 g/mol. The van der Waals surface area contributed by atoms with Crippen molar-refractivity contribution in [2.24, 2.45) is 0 Å². The minimum atomic E-state index is 0.590. The Morgan fingerprint density at radius 3 is 2.36 bits per heavy atom. The third kappa shape index (κ3) is 5.10. The zero-order valence-electron chi connectivity index (χ0n) is 13.9. The maximum atomic E-state index is 5.80. The van der Waals surface area contributed by atoms with Crippen LogP contribution >= 0.6 is 0 Å². The van der Waals surface area contributed by atoms with Gasteiger partial charge in [0.05, 0.1) is 6.61 Å². The van der Waals surface area contributed by atoms with Gasteiger partial charge >= 0.3 is 0 Å². The molecule has 2 rings (SSSR count). The van der Waals surface area contributed by atoms with Crippen molar-refractivity contribution in [1.82, 2.24) is 0 Å². The second kappa shape index (κ2) is 8.47. The molecule has 2 nitrogen and oxygen atoms in total. The van der Waals surface area contributed by atoms with Crippen molar-refractivity contribution in [2.45, 2.75) is 39.5 Å². The number of aryl methyl sites for hydroxylation is 1. The van der Waals surface area contributed by atoms with Crippen LogP contribution in [0, 0.1) is 6.92 Å². The molecular formula is C20H27NO. The smallest absolute Gasteiger partial charge is 0.122 e. The highest BCUT2D eigenvalue weighted by atomic mass is 16.5. The summed E-state index contributed by atoms with van der Waals surface area (Å²) in [6.07, 6.45) is 2.17. The summed E-state index contributed by atoms with van der Waals surface area (Å²) in [5.41, 5.74) is 3.78. The predicted molar refractivity (Wildman–Crippen MR) is 94.9 cm³/mol. The van der Waals surface area contributed by atoms with Gasteiger partial charge in [-0.15, -0.1) is 0 Å². The molecule has 0 bridgehead atoms. The molecular weight excluding hydrogens is 270 g/mol. The van der Waals surface area contributed by atoms with Crippen LogP contribution in [0.4, 0.5) is 5.69 Å². The number of hydrogen-bond acceptors (Lipinski definition) is 2. The van der Waals surface area contributed by atoms with E-state index in [0.717, 1.165) is 31.7 Å². The van der Waals surface area contributed by atoms with Crippen molar-refractivity contribution in [3.8, 4) is 5.75 Å². The standard InChI is InChI=1S/C20H27NO/c1-16(2)18-10-12-19(13-11-18)21-14-6-7-15-22-20-9-5-4-8-17(20)3/h4-5,8-13,16,21H,6-7,14-15H2,1-3H3. The molecule has 2 heteroatoms. The van der Waals surface area contributed by atoms with E-state index in [9.17, 15) is 0 Å². The number of anilines is 1. The van der Waals surface area contributed by atoms with Gasteiger partial charge in [-0.05, 0) is 55.0 Å². The molecule has 0 heterocycles. The van der Waals surface area contributed by atoms with Crippen LogP contribution in [0.3, 0.4) is 0 Å². The van der Waals surface area contributed by atoms with Crippen LogP contribution < -0.4 is 10.1 Å². The van der Waals surface area contributed by atoms with Crippen LogP contribution in [0.25, 0.3) is 0 Å². The summed E-state index contributed by atoms with van der Waals surface area (Å²) in [5, 5.41) is 3.47. The molecule has 0 saturated carbocycles. The lowest BCUT2D eigenvalue weighted by Gasteiger charge is -2.10. The average Bonchev–Trinajstić information content (AvgIpc) is 2.53. The summed E-state index contributed by atoms with van der Waals surface area (Å²) in [7, 11) is 0. The normalized spacial score (nSPS) is 10.7. The molecule has 0 spiro atoms. The molecule has 0 radical (unpaired) electrons. The molecule has 0 aliphatic rings. The molecule has 0 unspecified atom stereocenters. The Morgan fingerprint density at radius 2 is 1.68 bits per heavy atom. The van der Waals surface area contributed by atoms with E-state index in [1.807, 2.05) is 18.2 Å². The highest BCUT2D eigenvalue weighted by Gasteiger charge is 1.99. The summed E-state index contributed by atoms with van der Waals surface area (Å²) < 4.78 is 5.80. The van der Waals surface area contributed by atoms with E-state index in [2.05, 4.69) is 56.4 Å². The number of hydrogen-bond donors (Lipinski definition) is 1.